The van der Waals surface area contributed by atoms with Crippen LogP contribution in [0.5, 0.6) is 0 Å². The van der Waals surface area contributed by atoms with Crippen molar-refractivity contribution in [2.45, 2.75) is 39.2 Å². The van der Waals surface area contributed by atoms with Gasteiger partial charge in [0.1, 0.15) is 4.88 Å². The van der Waals surface area contributed by atoms with Gasteiger partial charge in [-0.1, -0.05) is 24.4 Å². The summed E-state index contributed by atoms with van der Waals surface area (Å²) >= 11 is 2.95. The molecule has 2 aromatic heterocycles. The van der Waals surface area contributed by atoms with Gasteiger partial charge >= 0.3 is 0 Å². The van der Waals surface area contributed by atoms with Crippen LogP contribution in [0, 0.1) is 5.92 Å². The van der Waals surface area contributed by atoms with E-state index in [0.29, 0.717) is 11.4 Å². The zero-order chi connectivity index (χ0) is 16.9. The number of carbonyl (C=O) groups is 1. The first-order valence-electron chi connectivity index (χ1n) is 8.56. The highest BCUT2D eigenvalue weighted by Crippen LogP contribution is 2.29. The van der Waals surface area contributed by atoms with Crippen LogP contribution in [0.25, 0.3) is 0 Å². The molecule has 0 bridgehead atoms. The molecule has 0 radical (unpaired) electrons. The number of rotatable bonds is 6. The van der Waals surface area contributed by atoms with Crippen molar-refractivity contribution < 1.29 is 4.79 Å². The highest BCUT2D eigenvalue weighted by atomic mass is 32.1. The summed E-state index contributed by atoms with van der Waals surface area (Å²) in [5.74, 6) is 0.754. The number of likely N-dealkylation sites (tertiary alicyclic amines) is 1. The average molecular weight is 365 g/mol. The highest BCUT2D eigenvalue weighted by Gasteiger charge is 2.26. The summed E-state index contributed by atoms with van der Waals surface area (Å²) in [6.45, 7) is 7.15. The smallest absolute Gasteiger partial charge is 0.265 e. The molecule has 1 saturated heterocycles. The molecule has 7 heteroatoms. The molecule has 0 aliphatic carbocycles. The lowest BCUT2D eigenvalue weighted by Gasteiger charge is -2.36. The zero-order valence-electron chi connectivity index (χ0n) is 14.2. The Balaban J connectivity index is 1.67. The summed E-state index contributed by atoms with van der Waals surface area (Å²) in [5, 5.41) is 9.25. The number of amides is 1. The Morgan fingerprint density at radius 1 is 1.46 bits per heavy atom. The quantitative estimate of drug-likeness (QED) is 0.854. The van der Waals surface area contributed by atoms with E-state index in [1.807, 2.05) is 6.92 Å². The van der Waals surface area contributed by atoms with Crippen LogP contribution in [0.3, 0.4) is 0 Å². The minimum absolute atomic E-state index is 0.0474. The maximum absolute atomic E-state index is 12.5. The van der Waals surface area contributed by atoms with Gasteiger partial charge in [-0.15, -0.1) is 16.4 Å². The third-order valence-corrected chi connectivity index (χ3v) is 6.42. The van der Waals surface area contributed by atoms with Gasteiger partial charge in [0.15, 0.2) is 0 Å². The Morgan fingerprint density at radius 3 is 2.92 bits per heavy atom. The molecule has 2 aromatic rings. The number of nitrogens with one attached hydrogen (secondary N) is 1. The minimum Gasteiger partial charge on any atom is -0.349 e. The van der Waals surface area contributed by atoms with Crippen LogP contribution in [0.4, 0.5) is 0 Å². The first-order valence-corrected chi connectivity index (χ1v) is 10.2. The van der Waals surface area contributed by atoms with Gasteiger partial charge in [0.25, 0.3) is 5.91 Å². The van der Waals surface area contributed by atoms with E-state index in [1.165, 1.54) is 29.3 Å². The lowest BCUT2D eigenvalue weighted by molar-refractivity contribution is 0.0917. The number of nitrogens with zero attached hydrogens (tertiary/aromatic N) is 3. The molecule has 1 atom stereocenters. The van der Waals surface area contributed by atoms with Crippen molar-refractivity contribution in [2.75, 3.05) is 19.6 Å². The third-order valence-electron chi connectivity index (χ3n) is 4.68. The van der Waals surface area contributed by atoms with Gasteiger partial charge in [-0.2, -0.15) is 0 Å². The fraction of sp³-hybridized carbons (Fsp3) is 0.588. The number of carbonyl (C=O) groups excluding carboxylic acids is 1. The normalized spacial score (nSPS) is 17.8. The largest absolute Gasteiger partial charge is 0.349 e. The molecule has 1 aliphatic rings. The maximum Gasteiger partial charge on any atom is 0.265 e. The van der Waals surface area contributed by atoms with Gasteiger partial charge in [-0.25, -0.2) is 0 Å². The highest BCUT2D eigenvalue weighted by molar-refractivity contribution is 7.10. The van der Waals surface area contributed by atoms with Crippen LogP contribution >= 0.6 is 22.9 Å². The van der Waals surface area contributed by atoms with Gasteiger partial charge in [0, 0.05) is 11.4 Å². The molecule has 5 nitrogen and oxygen atoms in total. The number of piperidine rings is 1. The van der Waals surface area contributed by atoms with Gasteiger partial charge < -0.3 is 5.32 Å². The van der Waals surface area contributed by atoms with Gasteiger partial charge in [0.05, 0.1) is 11.7 Å². The second kappa shape index (κ2) is 8.18. The predicted octanol–water partition coefficient (Wildman–Crippen LogP) is 3.37. The predicted molar refractivity (Wildman–Crippen MR) is 98.7 cm³/mol. The van der Waals surface area contributed by atoms with Crippen molar-refractivity contribution in [1.82, 2.24) is 19.8 Å². The molecule has 0 spiro atoms. The van der Waals surface area contributed by atoms with Gasteiger partial charge in [-0.05, 0) is 61.2 Å². The standard InChI is InChI=1S/C17H24N4OS2/c1-3-13-16(24-20-19-13)17(22)18-11-14(15-5-4-10-23-15)21-8-6-12(2)7-9-21/h4-5,10,12,14H,3,6-9,11H2,1-2H3,(H,18,22)/t14-/m0/s1. The number of hydrogen-bond acceptors (Lipinski definition) is 6. The number of thiophene rings is 1. The van der Waals surface area contributed by atoms with Gasteiger partial charge in [-0.3, -0.25) is 9.69 Å². The van der Waals surface area contributed by atoms with Crippen LogP contribution in [-0.2, 0) is 6.42 Å². The molecule has 0 unspecified atom stereocenters. The number of aryl methyl sites for hydroxylation is 1. The number of aromatic nitrogens is 2. The molecule has 1 N–H and O–H groups in total. The van der Waals surface area contributed by atoms with E-state index < -0.39 is 0 Å². The number of hydrogen-bond donors (Lipinski definition) is 1. The molecule has 3 heterocycles. The van der Waals surface area contributed by atoms with E-state index in [9.17, 15) is 4.79 Å². The zero-order valence-corrected chi connectivity index (χ0v) is 15.8. The van der Waals surface area contributed by atoms with Crippen molar-refractivity contribution >= 4 is 28.8 Å². The Labute approximate surface area is 151 Å². The summed E-state index contributed by atoms with van der Waals surface area (Å²) in [6, 6.07) is 4.52. The first-order chi connectivity index (χ1) is 11.7. The van der Waals surface area contributed by atoms with Gasteiger partial charge in [0.2, 0.25) is 0 Å². The molecular weight excluding hydrogens is 340 g/mol. The third kappa shape index (κ3) is 4.02. The topological polar surface area (TPSA) is 58.1 Å². The fourth-order valence-corrected chi connectivity index (χ4v) is 4.64. The second-order valence-corrected chi connectivity index (χ2v) is 8.10. The van der Waals surface area contributed by atoms with Crippen molar-refractivity contribution in [3.8, 4) is 0 Å². The lowest BCUT2D eigenvalue weighted by atomic mass is 9.97. The summed E-state index contributed by atoms with van der Waals surface area (Å²) in [4.78, 5) is 17.0. The molecule has 1 fully saturated rings. The van der Waals surface area contributed by atoms with Crippen LogP contribution in [0.15, 0.2) is 17.5 Å². The molecule has 1 amide bonds. The summed E-state index contributed by atoms with van der Waals surface area (Å²) < 4.78 is 3.91. The SMILES string of the molecule is CCc1nnsc1C(=O)NC[C@@H](c1cccs1)N1CCC(C)CC1. The summed E-state index contributed by atoms with van der Waals surface area (Å²) in [5.41, 5.74) is 0.789. The monoisotopic (exact) mass is 364 g/mol. The van der Waals surface area contributed by atoms with Crippen LogP contribution in [0.1, 0.15) is 53.0 Å². The second-order valence-electron chi connectivity index (χ2n) is 6.36. The molecule has 0 saturated carbocycles. The van der Waals surface area contributed by atoms with Crippen molar-refractivity contribution in [1.29, 1.82) is 0 Å². The van der Waals surface area contributed by atoms with E-state index in [2.05, 4.69) is 44.2 Å². The summed E-state index contributed by atoms with van der Waals surface area (Å²) in [6.07, 6.45) is 3.20. The molecule has 24 heavy (non-hydrogen) atoms. The van der Waals surface area contributed by atoms with Crippen molar-refractivity contribution in [3.63, 3.8) is 0 Å². The van der Waals surface area contributed by atoms with Crippen molar-refractivity contribution in [3.05, 3.63) is 33.0 Å². The molecule has 3 rings (SSSR count). The molecule has 1 aliphatic heterocycles. The molecule has 130 valence electrons. The Kier molecular flexibility index (Phi) is 5.97. The van der Waals surface area contributed by atoms with E-state index in [-0.39, 0.29) is 11.9 Å². The van der Waals surface area contributed by atoms with E-state index in [1.54, 1.807) is 11.3 Å². The van der Waals surface area contributed by atoms with Crippen molar-refractivity contribution in [2.24, 2.45) is 5.92 Å². The maximum atomic E-state index is 12.5. The first kappa shape index (κ1) is 17.5. The van der Waals surface area contributed by atoms with E-state index >= 15 is 0 Å². The average Bonchev–Trinajstić information content (AvgIpc) is 3.27. The fourth-order valence-electron chi connectivity index (χ4n) is 3.11. The summed E-state index contributed by atoms with van der Waals surface area (Å²) in [7, 11) is 0. The Bertz CT molecular complexity index is 647. The molecular formula is C17H24N4OS2. The Morgan fingerprint density at radius 2 is 2.25 bits per heavy atom. The van der Waals surface area contributed by atoms with E-state index in [4.69, 9.17) is 0 Å². The van der Waals surface area contributed by atoms with Crippen LogP contribution < -0.4 is 5.32 Å². The van der Waals surface area contributed by atoms with Crippen LogP contribution in [-0.4, -0.2) is 40.0 Å². The van der Waals surface area contributed by atoms with Crippen LogP contribution in [0.2, 0.25) is 0 Å². The molecule has 0 aromatic carbocycles. The minimum atomic E-state index is -0.0474. The lowest BCUT2D eigenvalue weighted by Crippen LogP contribution is -2.41. The van der Waals surface area contributed by atoms with E-state index in [0.717, 1.165) is 31.1 Å². The Hall–Kier alpha value is -1.31.